The van der Waals surface area contributed by atoms with Crippen LogP contribution in [0, 0.1) is 4.77 Å². The zero-order valence-electron chi connectivity index (χ0n) is 15.3. The first kappa shape index (κ1) is 19.1. The quantitative estimate of drug-likeness (QED) is 0.741. The van der Waals surface area contributed by atoms with Crippen LogP contribution in [0.2, 0.25) is 0 Å². The molecule has 1 amide bonds. The maximum atomic E-state index is 12.7. The third-order valence-electron chi connectivity index (χ3n) is 4.48. The Morgan fingerprint density at radius 3 is 2.59 bits per heavy atom. The number of methoxy groups -OCH3 is 2. The molecular weight excluding hydrogens is 368 g/mol. The summed E-state index contributed by atoms with van der Waals surface area (Å²) >= 11 is 5.33. The molecule has 3 rings (SSSR count). The number of carbonyl (C=O) groups excluding carboxylic acids is 1. The highest BCUT2D eigenvalue weighted by molar-refractivity contribution is 7.71. The van der Waals surface area contributed by atoms with Crippen LogP contribution in [0.15, 0.2) is 29.1 Å². The van der Waals surface area contributed by atoms with E-state index in [0.29, 0.717) is 35.8 Å². The monoisotopic (exact) mass is 390 g/mol. The molecule has 0 bridgehead atoms. The molecule has 2 N–H and O–H groups in total. The van der Waals surface area contributed by atoms with Gasteiger partial charge in [-0.15, -0.1) is 0 Å². The van der Waals surface area contributed by atoms with Gasteiger partial charge in [0.1, 0.15) is 18.0 Å². The second-order valence-electron chi connectivity index (χ2n) is 6.11. The van der Waals surface area contributed by atoms with Gasteiger partial charge in [0.05, 0.1) is 19.9 Å². The fourth-order valence-corrected chi connectivity index (χ4v) is 3.32. The normalized spacial score (nSPS) is 14.1. The second kappa shape index (κ2) is 8.36. The lowest BCUT2D eigenvalue weighted by molar-refractivity contribution is -0.132. The molecule has 0 spiro atoms. The molecule has 0 aliphatic carbocycles. The van der Waals surface area contributed by atoms with E-state index >= 15 is 0 Å². The highest BCUT2D eigenvalue weighted by Gasteiger charge is 2.20. The Morgan fingerprint density at radius 1 is 1.19 bits per heavy atom. The van der Waals surface area contributed by atoms with E-state index in [1.807, 2.05) is 0 Å². The molecule has 1 aromatic heterocycles. The summed E-state index contributed by atoms with van der Waals surface area (Å²) in [5, 5.41) is 3.22. The third kappa shape index (κ3) is 4.20. The standard InChI is InChI=1S/C18H22N4O4S/c1-25-12-3-4-13(15(9-12)26-2)14-10-16(23)20-18(27)22(14)11-17(24)21-7-5-19-6-8-21/h3-4,9-10,19H,5-8,11H2,1-2H3,(H,20,23,27). The molecule has 1 aliphatic heterocycles. The van der Waals surface area contributed by atoms with E-state index in [0.717, 1.165) is 13.1 Å². The molecule has 2 heterocycles. The number of hydrogen-bond acceptors (Lipinski definition) is 6. The Kier molecular flexibility index (Phi) is 5.92. The van der Waals surface area contributed by atoms with Gasteiger partial charge in [0.25, 0.3) is 5.56 Å². The first-order chi connectivity index (χ1) is 13.0. The van der Waals surface area contributed by atoms with Gasteiger partial charge in [-0.05, 0) is 24.4 Å². The average molecular weight is 390 g/mol. The minimum absolute atomic E-state index is 0.0418. The van der Waals surface area contributed by atoms with Gasteiger partial charge in [-0.1, -0.05) is 0 Å². The van der Waals surface area contributed by atoms with E-state index in [2.05, 4.69) is 10.3 Å². The van der Waals surface area contributed by atoms with E-state index in [1.54, 1.807) is 34.8 Å². The lowest BCUT2D eigenvalue weighted by Gasteiger charge is -2.28. The fraction of sp³-hybridized carbons (Fsp3) is 0.389. The van der Waals surface area contributed by atoms with Crippen LogP contribution >= 0.6 is 12.2 Å². The second-order valence-corrected chi connectivity index (χ2v) is 6.49. The number of nitrogens with zero attached hydrogens (tertiary/aromatic N) is 2. The average Bonchev–Trinajstić information content (AvgIpc) is 2.69. The summed E-state index contributed by atoms with van der Waals surface area (Å²) in [5.41, 5.74) is 0.842. The summed E-state index contributed by atoms with van der Waals surface area (Å²) < 4.78 is 12.5. The van der Waals surface area contributed by atoms with Crippen LogP contribution in [-0.2, 0) is 11.3 Å². The van der Waals surface area contributed by atoms with Crippen molar-refractivity contribution in [1.29, 1.82) is 0 Å². The van der Waals surface area contributed by atoms with Crippen molar-refractivity contribution < 1.29 is 14.3 Å². The maximum Gasteiger partial charge on any atom is 0.252 e. The zero-order valence-corrected chi connectivity index (χ0v) is 16.1. The van der Waals surface area contributed by atoms with Crippen LogP contribution in [0.4, 0.5) is 0 Å². The molecule has 1 saturated heterocycles. The molecule has 0 atom stereocenters. The largest absolute Gasteiger partial charge is 0.497 e. The first-order valence-corrected chi connectivity index (χ1v) is 8.99. The lowest BCUT2D eigenvalue weighted by Crippen LogP contribution is -2.47. The van der Waals surface area contributed by atoms with Gasteiger partial charge >= 0.3 is 0 Å². The van der Waals surface area contributed by atoms with Crippen LogP contribution in [0.25, 0.3) is 11.3 Å². The van der Waals surface area contributed by atoms with Crippen molar-refractivity contribution in [3.05, 3.63) is 39.4 Å². The molecule has 9 heteroatoms. The molecule has 8 nitrogen and oxygen atoms in total. The number of nitrogens with one attached hydrogen (secondary N) is 2. The van der Waals surface area contributed by atoms with Crippen LogP contribution in [-0.4, -0.2) is 60.8 Å². The van der Waals surface area contributed by atoms with Gasteiger partial charge in [-0.3, -0.25) is 14.6 Å². The summed E-state index contributed by atoms with van der Waals surface area (Å²) in [6.07, 6.45) is 0. The van der Waals surface area contributed by atoms with Crippen LogP contribution in [0.5, 0.6) is 11.5 Å². The predicted molar refractivity (Wildman–Crippen MR) is 104 cm³/mol. The minimum Gasteiger partial charge on any atom is -0.497 e. The Labute approximate surface area is 161 Å². The van der Waals surface area contributed by atoms with Crippen molar-refractivity contribution in [1.82, 2.24) is 19.8 Å². The number of piperazine rings is 1. The van der Waals surface area contributed by atoms with Crippen LogP contribution in [0.3, 0.4) is 0 Å². The van der Waals surface area contributed by atoms with Crippen molar-refractivity contribution in [2.24, 2.45) is 0 Å². The number of aromatic amines is 1. The number of carbonyl (C=O) groups is 1. The molecule has 0 saturated carbocycles. The smallest absolute Gasteiger partial charge is 0.252 e. The summed E-state index contributed by atoms with van der Waals surface area (Å²) in [7, 11) is 3.10. The minimum atomic E-state index is -0.334. The number of amides is 1. The Bertz CT molecular complexity index is 947. The van der Waals surface area contributed by atoms with Gasteiger partial charge in [0, 0.05) is 43.9 Å². The summed E-state index contributed by atoms with van der Waals surface area (Å²) in [6, 6.07) is 6.70. The summed E-state index contributed by atoms with van der Waals surface area (Å²) in [5.74, 6) is 1.11. The van der Waals surface area contributed by atoms with Gasteiger partial charge < -0.3 is 24.3 Å². The molecule has 27 heavy (non-hydrogen) atoms. The molecule has 2 aromatic rings. The fourth-order valence-electron chi connectivity index (χ4n) is 3.06. The van der Waals surface area contributed by atoms with Crippen LogP contribution < -0.4 is 20.3 Å². The molecular formula is C18H22N4O4S. The van der Waals surface area contributed by atoms with Crippen molar-refractivity contribution in [3.8, 4) is 22.8 Å². The highest BCUT2D eigenvalue weighted by atomic mass is 32.1. The SMILES string of the molecule is COc1ccc(-c2cc(=O)[nH]c(=S)n2CC(=O)N2CCNCC2)c(OC)c1. The number of rotatable bonds is 5. The maximum absolute atomic E-state index is 12.7. The van der Waals surface area contributed by atoms with E-state index in [4.69, 9.17) is 21.7 Å². The van der Waals surface area contributed by atoms with Gasteiger partial charge in [-0.25, -0.2) is 0 Å². The summed E-state index contributed by atoms with van der Waals surface area (Å²) in [6.45, 7) is 2.87. The number of H-pyrrole nitrogens is 1. The Morgan fingerprint density at radius 2 is 1.93 bits per heavy atom. The molecule has 144 valence electrons. The molecule has 1 aliphatic rings. The van der Waals surface area contributed by atoms with Gasteiger partial charge in [0.2, 0.25) is 5.91 Å². The lowest BCUT2D eigenvalue weighted by atomic mass is 10.1. The first-order valence-electron chi connectivity index (χ1n) is 8.58. The van der Waals surface area contributed by atoms with Gasteiger partial charge in [-0.2, -0.15) is 0 Å². The number of hydrogen-bond donors (Lipinski definition) is 2. The van der Waals surface area contributed by atoms with Crippen molar-refractivity contribution in [2.45, 2.75) is 6.54 Å². The number of benzene rings is 1. The topological polar surface area (TPSA) is 88.6 Å². The van der Waals surface area contributed by atoms with E-state index < -0.39 is 0 Å². The molecule has 0 unspecified atom stereocenters. The van der Waals surface area contributed by atoms with E-state index in [1.165, 1.54) is 13.2 Å². The van der Waals surface area contributed by atoms with Crippen LogP contribution in [0.1, 0.15) is 0 Å². The summed E-state index contributed by atoms with van der Waals surface area (Å²) in [4.78, 5) is 29.2. The molecule has 1 aromatic carbocycles. The van der Waals surface area contributed by atoms with Crippen molar-refractivity contribution in [3.63, 3.8) is 0 Å². The van der Waals surface area contributed by atoms with Crippen molar-refractivity contribution in [2.75, 3.05) is 40.4 Å². The highest BCUT2D eigenvalue weighted by Crippen LogP contribution is 2.32. The van der Waals surface area contributed by atoms with E-state index in [-0.39, 0.29) is 22.8 Å². The molecule has 0 radical (unpaired) electrons. The zero-order chi connectivity index (χ0) is 19.4. The number of aromatic nitrogens is 2. The van der Waals surface area contributed by atoms with Crippen molar-refractivity contribution >= 4 is 18.1 Å². The Balaban J connectivity index is 2.04. The predicted octanol–water partition coefficient (Wildman–Crippen LogP) is 1.02. The van der Waals surface area contributed by atoms with Gasteiger partial charge in [0.15, 0.2) is 4.77 Å². The Hall–Kier alpha value is -2.65. The third-order valence-corrected chi connectivity index (χ3v) is 4.80. The van der Waals surface area contributed by atoms with E-state index in [9.17, 15) is 9.59 Å². The molecule has 1 fully saturated rings. The number of ether oxygens (including phenoxy) is 2.